The van der Waals surface area contributed by atoms with Crippen molar-refractivity contribution in [1.82, 2.24) is 4.98 Å². The van der Waals surface area contributed by atoms with Gasteiger partial charge in [-0.3, -0.25) is 4.79 Å². The lowest BCUT2D eigenvalue weighted by atomic mass is 10.1. The smallest absolute Gasteiger partial charge is 0.322 e. The first-order valence-electron chi connectivity index (χ1n) is 8.28. The molecule has 0 unspecified atom stereocenters. The topological polar surface area (TPSA) is 100 Å². The summed E-state index contributed by atoms with van der Waals surface area (Å²) in [7, 11) is 1.34. The number of aromatic nitrogens is 1. The first-order valence-corrected chi connectivity index (χ1v) is 8.28. The molecule has 0 fully saturated rings. The standard InChI is InChI=1S/C14H21NO3.C5H6N2/c1-3-4-9-18-12-7-5-11(6-8-12)10-13(15)14(16)17-2;6-5-3-1-2-4-7-5/h5-8,13H,3-4,9-10,15H2,1-2H3;1-4H,(H2,6,7)/t13-;/m0./s1. The molecule has 0 amide bonds. The molecule has 2 aromatic rings. The second-order valence-electron chi connectivity index (χ2n) is 5.43. The maximum atomic E-state index is 11.2. The van der Waals surface area contributed by atoms with Gasteiger partial charge in [-0.05, 0) is 42.7 Å². The van der Waals surface area contributed by atoms with E-state index >= 15 is 0 Å². The molecule has 0 saturated carbocycles. The van der Waals surface area contributed by atoms with Crippen molar-refractivity contribution in [2.45, 2.75) is 32.2 Å². The van der Waals surface area contributed by atoms with Gasteiger partial charge in [0.1, 0.15) is 17.6 Å². The molecule has 0 radical (unpaired) electrons. The van der Waals surface area contributed by atoms with Crippen molar-refractivity contribution in [3.63, 3.8) is 0 Å². The zero-order valence-corrected chi connectivity index (χ0v) is 14.9. The van der Waals surface area contributed by atoms with Crippen molar-refractivity contribution < 1.29 is 14.3 Å². The minimum atomic E-state index is -0.609. The fraction of sp³-hybridized carbons (Fsp3) is 0.368. The molecular formula is C19H27N3O3. The van der Waals surface area contributed by atoms with Crippen LogP contribution in [-0.2, 0) is 16.0 Å². The van der Waals surface area contributed by atoms with Crippen molar-refractivity contribution in [2.75, 3.05) is 19.5 Å². The summed E-state index contributed by atoms with van der Waals surface area (Å²) in [5, 5.41) is 0. The van der Waals surface area contributed by atoms with E-state index < -0.39 is 12.0 Å². The molecule has 1 aromatic carbocycles. The SMILES string of the molecule is CCCCOc1ccc(C[C@H](N)C(=O)OC)cc1.Nc1ccccn1. The van der Waals surface area contributed by atoms with E-state index in [1.165, 1.54) is 7.11 Å². The van der Waals surface area contributed by atoms with Crippen molar-refractivity contribution in [2.24, 2.45) is 5.73 Å². The van der Waals surface area contributed by atoms with Crippen LogP contribution in [-0.4, -0.2) is 30.7 Å². The van der Waals surface area contributed by atoms with E-state index in [9.17, 15) is 4.79 Å². The Balaban J connectivity index is 0.000000370. The number of methoxy groups -OCH3 is 1. The number of hydrogen-bond donors (Lipinski definition) is 2. The molecule has 0 aliphatic rings. The van der Waals surface area contributed by atoms with Gasteiger partial charge in [-0.15, -0.1) is 0 Å². The van der Waals surface area contributed by atoms with Gasteiger partial charge >= 0.3 is 5.97 Å². The van der Waals surface area contributed by atoms with Crippen LogP contribution in [0.15, 0.2) is 48.7 Å². The highest BCUT2D eigenvalue weighted by Crippen LogP contribution is 2.13. The Labute approximate surface area is 149 Å². The first-order chi connectivity index (χ1) is 12.1. The number of benzene rings is 1. The number of unbranched alkanes of at least 4 members (excludes halogenated alkanes) is 1. The van der Waals surface area contributed by atoms with Gasteiger partial charge in [-0.1, -0.05) is 31.5 Å². The average Bonchev–Trinajstić information content (AvgIpc) is 2.64. The van der Waals surface area contributed by atoms with Gasteiger partial charge in [-0.2, -0.15) is 0 Å². The molecule has 0 aliphatic carbocycles. The summed E-state index contributed by atoms with van der Waals surface area (Å²) in [4.78, 5) is 14.9. The third-order valence-corrected chi connectivity index (χ3v) is 3.34. The highest BCUT2D eigenvalue weighted by atomic mass is 16.5. The van der Waals surface area contributed by atoms with Crippen LogP contribution in [0.3, 0.4) is 0 Å². The van der Waals surface area contributed by atoms with E-state index in [1.807, 2.05) is 36.4 Å². The molecule has 1 heterocycles. The lowest BCUT2D eigenvalue weighted by Crippen LogP contribution is -2.33. The number of carbonyl (C=O) groups is 1. The van der Waals surface area contributed by atoms with E-state index in [-0.39, 0.29) is 0 Å². The molecule has 1 aromatic heterocycles. The Morgan fingerprint density at radius 1 is 1.20 bits per heavy atom. The van der Waals surface area contributed by atoms with Crippen LogP contribution in [0, 0.1) is 0 Å². The third kappa shape index (κ3) is 8.72. The molecule has 0 saturated heterocycles. The highest BCUT2D eigenvalue weighted by molar-refractivity contribution is 5.75. The van der Waals surface area contributed by atoms with Gasteiger partial charge in [0.15, 0.2) is 0 Å². The Morgan fingerprint density at radius 3 is 2.40 bits per heavy atom. The van der Waals surface area contributed by atoms with Gasteiger partial charge in [0.2, 0.25) is 0 Å². The summed E-state index contributed by atoms with van der Waals surface area (Å²) in [6.07, 6.45) is 4.30. The number of pyridine rings is 1. The van der Waals surface area contributed by atoms with Gasteiger partial charge in [0.05, 0.1) is 13.7 Å². The Kier molecular flexibility index (Phi) is 9.70. The summed E-state index contributed by atoms with van der Waals surface area (Å²) in [5.41, 5.74) is 11.9. The molecule has 25 heavy (non-hydrogen) atoms. The molecule has 6 heteroatoms. The zero-order chi connectivity index (χ0) is 18.5. The number of esters is 1. The molecule has 1 atom stereocenters. The Bertz CT molecular complexity index is 603. The van der Waals surface area contributed by atoms with Crippen LogP contribution >= 0.6 is 0 Å². The molecule has 0 aliphatic heterocycles. The number of nitrogen functional groups attached to an aromatic ring is 1. The predicted molar refractivity (Wildman–Crippen MR) is 99.2 cm³/mol. The van der Waals surface area contributed by atoms with Crippen LogP contribution in [0.1, 0.15) is 25.3 Å². The fourth-order valence-corrected chi connectivity index (χ4v) is 1.92. The molecule has 0 bridgehead atoms. The quantitative estimate of drug-likeness (QED) is 0.591. The van der Waals surface area contributed by atoms with Crippen molar-refractivity contribution >= 4 is 11.8 Å². The second-order valence-corrected chi connectivity index (χ2v) is 5.43. The van der Waals surface area contributed by atoms with Crippen LogP contribution < -0.4 is 16.2 Å². The van der Waals surface area contributed by atoms with E-state index in [0.29, 0.717) is 12.2 Å². The summed E-state index contributed by atoms with van der Waals surface area (Å²) in [6.45, 7) is 2.86. The molecule has 4 N–H and O–H groups in total. The van der Waals surface area contributed by atoms with Crippen molar-refractivity contribution in [3.05, 3.63) is 54.2 Å². The summed E-state index contributed by atoms with van der Waals surface area (Å²) in [6, 6.07) is 12.5. The van der Waals surface area contributed by atoms with Crippen LogP contribution in [0.4, 0.5) is 5.82 Å². The lowest BCUT2D eigenvalue weighted by Gasteiger charge is -2.10. The van der Waals surface area contributed by atoms with Crippen molar-refractivity contribution in [1.29, 1.82) is 0 Å². The number of rotatable bonds is 7. The number of ether oxygens (including phenoxy) is 2. The predicted octanol–water partition coefficient (Wildman–Crippen LogP) is 2.57. The minimum absolute atomic E-state index is 0.390. The molecule has 0 spiro atoms. The normalized spacial score (nSPS) is 11.0. The Hall–Kier alpha value is -2.60. The van der Waals surface area contributed by atoms with E-state index in [4.69, 9.17) is 16.2 Å². The Morgan fingerprint density at radius 2 is 1.92 bits per heavy atom. The first kappa shape index (κ1) is 20.4. The monoisotopic (exact) mass is 345 g/mol. The van der Waals surface area contributed by atoms with Gasteiger partial charge in [-0.25, -0.2) is 4.98 Å². The van der Waals surface area contributed by atoms with Crippen LogP contribution in [0.25, 0.3) is 0 Å². The third-order valence-electron chi connectivity index (χ3n) is 3.34. The second kappa shape index (κ2) is 11.9. The van der Waals surface area contributed by atoms with E-state index in [1.54, 1.807) is 12.3 Å². The number of hydrogen-bond acceptors (Lipinski definition) is 6. The number of nitrogens with two attached hydrogens (primary N) is 2. The van der Waals surface area contributed by atoms with Crippen LogP contribution in [0.2, 0.25) is 0 Å². The van der Waals surface area contributed by atoms with Gasteiger partial charge < -0.3 is 20.9 Å². The van der Waals surface area contributed by atoms with Gasteiger partial charge in [0.25, 0.3) is 0 Å². The molecule has 6 nitrogen and oxygen atoms in total. The van der Waals surface area contributed by atoms with Crippen molar-refractivity contribution in [3.8, 4) is 5.75 Å². The largest absolute Gasteiger partial charge is 0.494 e. The fourth-order valence-electron chi connectivity index (χ4n) is 1.92. The van der Waals surface area contributed by atoms with E-state index in [2.05, 4.69) is 16.6 Å². The molecule has 2 rings (SSSR count). The van der Waals surface area contributed by atoms with Crippen LogP contribution in [0.5, 0.6) is 5.75 Å². The molecular weight excluding hydrogens is 318 g/mol. The molecule has 136 valence electrons. The zero-order valence-electron chi connectivity index (χ0n) is 14.9. The summed E-state index contributed by atoms with van der Waals surface area (Å²) in [5.74, 6) is 1.03. The summed E-state index contributed by atoms with van der Waals surface area (Å²) < 4.78 is 10.1. The highest BCUT2D eigenvalue weighted by Gasteiger charge is 2.13. The average molecular weight is 345 g/mol. The summed E-state index contributed by atoms with van der Waals surface area (Å²) >= 11 is 0. The van der Waals surface area contributed by atoms with Gasteiger partial charge in [0, 0.05) is 6.20 Å². The lowest BCUT2D eigenvalue weighted by molar-refractivity contribution is -0.142. The minimum Gasteiger partial charge on any atom is -0.494 e. The number of anilines is 1. The maximum absolute atomic E-state index is 11.2. The maximum Gasteiger partial charge on any atom is 0.322 e. The number of nitrogens with zero attached hydrogens (tertiary/aromatic N) is 1. The van der Waals surface area contributed by atoms with E-state index in [0.717, 1.165) is 30.8 Å². The number of carbonyl (C=O) groups excluding carboxylic acids is 1.